The Bertz CT molecular complexity index is 1110. The SMILES string of the molecule is CC=c1sc(=C=C(OCC)c2sc(=S)n(CC(=O)OC)c2O)n(CC)c1=O. The van der Waals surface area contributed by atoms with Gasteiger partial charge in [-0.15, -0.1) is 11.3 Å². The summed E-state index contributed by atoms with van der Waals surface area (Å²) in [4.78, 5) is 24.2. The highest BCUT2D eigenvalue weighted by Crippen LogP contribution is 2.32. The second-order valence-corrected chi connectivity index (χ2v) is 7.85. The van der Waals surface area contributed by atoms with E-state index in [1.54, 1.807) is 24.5 Å². The van der Waals surface area contributed by atoms with Crippen LogP contribution in [0.4, 0.5) is 0 Å². The first-order valence-corrected chi connectivity index (χ1v) is 10.2. The molecule has 7 nitrogen and oxygen atoms in total. The molecule has 2 rings (SSSR count). The summed E-state index contributed by atoms with van der Waals surface area (Å²) in [7, 11) is 1.26. The number of esters is 1. The summed E-state index contributed by atoms with van der Waals surface area (Å²) >= 11 is 7.63. The molecule has 0 amide bonds. The van der Waals surface area contributed by atoms with Gasteiger partial charge in [-0.1, -0.05) is 17.4 Å². The van der Waals surface area contributed by atoms with Gasteiger partial charge in [-0.2, -0.15) is 0 Å². The summed E-state index contributed by atoms with van der Waals surface area (Å²) in [5.41, 5.74) is 3.00. The van der Waals surface area contributed by atoms with Crippen molar-refractivity contribution in [2.24, 2.45) is 0 Å². The van der Waals surface area contributed by atoms with E-state index < -0.39 is 5.97 Å². The van der Waals surface area contributed by atoms with E-state index in [1.165, 1.54) is 23.0 Å². The van der Waals surface area contributed by atoms with Crippen molar-refractivity contribution >= 4 is 58.4 Å². The van der Waals surface area contributed by atoms with Crippen molar-refractivity contribution in [2.45, 2.75) is 33.9 Å². The molecule has 0 saturated carbocycles. The molecule has 0 fully saturated rings. The van der Waals surface area contributed by atoms with Crippen molar-refractivity contribution in [3.63, 3.8) is 0 Å². The van der Waals surface area contributed by atoms with Crippen molar-refractivity contribution in [3.05, 3.63) is 28.4 Å². The average Bonchev–Trinajstić information content (AvgIpc) is 3.11. The summed E-state index contributed by atoms with van der Waals surface area (Å²) in [5, 5.41) is 10.5. The van der Waals surface area contributed by atoms with Crippen LogP contribution in [0.1, 0.15) is 25.6 Å². The lowest BCUT2D eigenvalue weighted by atomic mass is 10.4. The van der Waals surface area contributed by atoms with Gasteiger partial charge in [0.2, 0.25) is 5.88 Å². The minimum atomic E-state index is -0.530. The molecule has 146 valence electrons. The number of hydrogen-bond acceptors (Lipinski definition) is 8. The fraction of sp³-hybridized carbons (Fsp3) is 0.412. The largest absolute Gasteiger partial charge is 0.493 e. The zero-order chi connectivity index (χ0) is 20.1. The molecule has 0 saturated heterocycles. The third-order valence-corrected chi connectivity index (χ3v) is 6.17. The van der Waals surface area contributed by atoms with E-state index in [1.807, 2.05) is 6.92 Å². The van der Waals surface area contributed by atoms with Crippen LogP contribution in [0, 0.1) is 3.95 Å². The Morgan fingerprint density at radius 1 is 1.33 bits per heavy atom. The van der Waals surface area contributed by atoms with Crippen LogP contribution >= 0.6 is 34.9 Å². The Kier molecular flexibility index (Phi) is 7.20. The van der Waals surface area contributed by atoms with Crippen molar-refractivity contribution in [1.29, 1.82) is 0 Å². The number of thiazole rings is 2. The Hall–Kier alpha value is -2.13. The summed E-state index contributed by atoms with van der Waals surface area (Å²) in [5.74, 6) is -0.464. The van der Waals surface area contributed by atoms with E-state index in [0.29, 0.717) is 31.2 Å². The van der Waals surface area contributed by atoms with Crippen LogP contribution in [0.15, 0.2) is 4.79 Å². The lowest BCUT2D eigenvalue weighted by Crippen LogP contribution is -2.30. The van der Waals surface area contributed by atoms with Crippen LogP contribution in [0.3, 0.4) is 0 Å². The summed E-state index contributed by atoms with van der Waals surface area (Å²) < 4.78 is 14.6. The molecule has 0 bridgehead atoms. The quantitative estimate of drug-likeness (QED) is 0.428. The molecule has 0 radical (unpaired) electrons. The summed E-state index contributed by atoms with van der Waals surface area (Å²) in [6.45, 7) is 6.08. The van der Waals surface area contributed by atoms with Gasteiger partial charge in [0.05, 0.1) is 18.2 Å². The van der Waals surface area contributed by atoms with Gasteiger partial charge in [-0.3, -0.25) is 18.7 Å². The molecule has 27 heavy (non-hydrogen) atoms. The lowest BCUT2D eigenvalue weighted by Gasteiger charge is -2.06. The van der Waals surface area contributed by atoms with Crippen molar-refractivity contribution in [2.75, 3.05) is 13.7 Å². The van der Waals surface area contributed by atoms with E-state index >= 15 is 0 Å². The second-order valence-electron chi connectivity index (χ2n) is 5.18. The molecule has 1 N–H and O–H groups in total. The Balaban J connectivity index is 2.80. The number of aromatic nitrogens is 2. The first-order valence-electron chi connectivity index (χ1n) is 8.17. The van der Waals surface area contributed by atoms with Crippen molar-refractivity contribution < 1.29 is 19.4 Å². The van der Waals surface area contributed by atoms with Crippen LogP contribution in [0.25, 0.3) is 17.6 Å². The topological polar surface area (TPSA) is 82.7 Å². The minimum absolute atomic E-state index is 0.0940. The number of aromatic hydroxyl groups is 1. The third-order valence-electron chi connectivity index (χ3n) is 3.58. The molecule has 0 aliphatic carbocycles. The van der Waals surface area contributed by atoms with Gasteiger partial charge >= 0.3 is 5.97 Å². The number of hydrogen-bond donors (Lipinski definition) is 1. The number of carbonyl (C=O) groups excluding carboxylic acids is 1. The molecule has 0 spiro atoms. The monoisotopic (exact) mass is 428 g/mol. The fourth-order valence-corrected chi connectivity index (χ4v) is 4.50. The van der Waals surface area contributed by atoms with Gasteiger partial charge in [0.25, 0.3) is 5.56 Å². The molecule has 0 aromatic carbocycles. The first kappa shape index (κ1) is 21.2. The smallest absolute Gasteiger partial charge is 0.325 e. The maximum atomic E-state index is 12.3. The molecule has 0 unspecified atom stereocenters. The predicted molar refractivity (Wildman–Crippen MR) is 109 cm³/mol. The van der Waals surface area contributed by atoms with Crippen molar-refractivity contribution in [3.8, 4) is 5.88 Å². The van der Waals surface area contributed by atoms with E-state index in [2.05, 4.69) is 10.5 Å². The van der Waals surface area contributed by atoms with E-state index in [-0.39, 0.29) is 23.7 Å². The fourth-order valence-electron chi connectivity index (χ4n) is 2.27. The molecule has 2 aromatic heterocycles. The number of nitrogens with zero attached hydrogens (tertiary/aromatic N) is 2. The molecule has 0 aliphatic rings. The van der Waals surface area contributed by atoms with E-state index in [9.17, 15) is 14.7 Å². The highest BCUT2D eigenvalue weighted by molar-refractivity contribution is 7.73. The van der Waals surface area contributed by atoms with E-state index in [4.69, 9.17) is 17.0 Å². The van der Waals surface area contributed by atoms with Gasteiger partial charge in [0.1, 0.15) is 16.1 Å². The van der Waals surface area contributed by atoms with Crippen LogP contribution in [0.5, 0.6) is 5.88 Å². The van der Waals surface area contributed by atoms with Gasteiger partial charge in [0.15, 0.2) is 9.71 Å². The predicted octanol–water partition coefficient (Wildman–Crippen LogP) is 1.66. The maximum absolute atomic E-state index is 12.3. The Labute approximate surface area is 168 Å². The third kappa shape index (κ3) is 4.41. The maximum Gasteiger partial charge on any atom is 0.325 e. The van der Waals surface area contributed by atoms with E-state index in [0.717, 1.165) is 11.3 Å². The van der Waals surface area contributed by atoms with Gasteiger partial charge in [0, 0.05) is 6.54 Å². The molecular weight excluding hydrogens is 408 g/mol. The standard InChI is InChI=1S/C17H20N2O5S3/c1-5-11-15(21)18(6-2)12(26-11)8-10(24-7-3)14-16(22)19(17(25)27-14)9-13(20)23-4/h5,22H,6-7,9H2,1-4H3. The van der Waals surface area contributed by atoms with Crippen LogP contribution in [-0.4, -0.2) is 33.9 Å². The normalized spacial score (nSPS) is 11.3. The molecule has 0 aliphatic heterocycles. The molecular formula is C17H20N2O5S3. The zero-order valence-electron chi connectivity index (χ0n) is 15.4. The lowest BCUT2D eigenvalue weighted by molar-refractivity contribution is -0.141. The Morgan fingerprint density at radius 3 is 2.59 bits per heavy atom. The number of methoxy groups -OCH3 is 1. The van der Waals surface area contributed by atoms with Gasteiger partial charge in [-0.05, 0) is 38.7 Å². The zero-order valence-corrected chi connectivity index (χ0v) is 17.8. The number of ether oxygens (including phenoxy) is 2. The Morgan fingerprint density at radius 2 is 2.04 bits per heavy atom. The summed E-state index contributed by atoms with van der Waals surface area (Å²) in [6, 6.07) is 0. The highest BCUT2D eigenvalue weighted by Gasteiger charge is 2.19. The second kappa shape index (κ2) is 9.18. The first-order chi connectivity index (χ1) is 12.9. The van der Waals surface area contributed by atoms with Crippen LogP contribution in [-0.2, 0) is 27.4 Å². The molecule has 2 aromatic rings. The molecule has 0 atom stereocenters. The number of rotatable bonds is 6. The minimum Gasteiger partial charge on any atom is -0.493 e. The molecule has 10 heteroatoms. The van der Waals surface area contributed by atoms with Crippen molar-refractivity contribution in [1.82, 2.24) is 9.13 Å². The van der Waals surface area contributed by atoms with Gasteiger partial charge < -0.3 is 14.6 Å². The summed E-state index contributed by atoms with van der Waals surface area (Å²) in [6.07, 6.45) is 1.75. The van der Waals surface area contributed by atoms with Crippen LogP contribution < -0.4 is 14.8 Å². The molecule has 2 heterocycles. The number of carbonyl (C=O) groups is 1. The average molecular weight is 429 g/mol. The van der Waals surface area contributed by atoms with Crippen LogP contribution in [0.2, 0.25) is 0 Å². The highest BCUT2D eigenvalue weighted by atomic mass is 32.1. The van der Waals surface area contributed by atoms with Gasteiger partial charge in [-0.25, -0.2) is 0 Å².